The van der Waals surface area contributed by atoms with Gasteiger partial charge in [-0.2, -0.15) is 0 Å². The van der Waals surface area contributed by atoms with Crippen LogP contribution in [-0.4, -0.2) is 31.9 Å². The quantitative estimate of drug-likeness (QED) is 0.794. The minimum atomic E-state index is 0.221. The Bertz CT molecular complexity index is 320. The third kappa shape index (κ3) is 4.02. The second-order valence-corrected chi connectivity index (χ2v) is 4.76. The molecule has 1 N–H and O–H groups in total. The maximum Gasteiger partial charge on any atom is 0.119 e. The summed E-state index contributed by atoms with van der Waals surface area (Å²) >= 11 is 0. The first-order valence-corrected chi connectivity index (χ1v) is 6.29. The van der Waals surface area contributed by atoms with Crippen molar-refractivity contribution < 1.29 is 9.47 Å². The summed E-state index contributed by atoms with van der Waals surface area (Å²) in [4.78, 5) is 0. The van der Waals surface area contributed by atoms with E-state index in [1.54, 1.807) is 0 Å². The molecule has 0 amide bonds. The first-order valence-electron chi connectivity index (χ1n) is 6.29. The number of benzene rings is 1. The summed E-state index contributed by atoms with van der Waals surface area (Å²) < 4.78 is 11.0. The second-order valence-electron chi connectivity index (χ2n) is 4.76. The van der Waals surface area contributed by atoms with Crippen molar-refractivity contribution in [2.45, 2.75) is 25.3 Å². The van der Waals surface area contributed by atoms with E-state index >= 15 is 0 Å². The van der Waals surface area contributed by atoms with Gasteiger partial charge >= 0.3 is 0 Å². The normalized spacial score (nSPS) is 18.9. The van der Waals surface area contributed by atoms with Crippen molar-refractivity contribution in [1.29, 1.82) is 0 Å². The Morgan fingerprint density at radius 2 is 1.94 bits per heavy atom. The maximum atomic E-state index is 5.65. The summed E-state index contributed by atoms with van der Waals surface area (Å²) in [5, 5.41) is 3.56. The van der Waals surface area contributed by atoms with Gasteiger partial charge in [-0.15, -0.1) is 0 Å². The molecular formula is C14H21NO2. The van der Waals surface area contributed by atoms with Crippen molar-refractivity contribution in [2.24, 2.45) is 0 Å². The molecule has 0 bridgehead atoms. The highest BCUT2D eigenvalue weighted by Gasteiger charge is 2.25. The fourth-order valence-electron chi connectivity index (χ4n) is 2.04. The Balaban J connectivity index is 1.66. The van der Waals surface area contributed by atoms with Crippen LogP contribution in [0.2, 0.25) is 0 Å². The first-order chi connectivity index (χ1) is 8.29. The van der Waals surface area contributed by atoms with Gasteiger partial charge in [0.1, 0.15) is 12.4 Å². The van der Waals surface area contributed by atoms with Gasteiger partial charge in [-0.3, -0.25) is 0 Å². The summed E-state index contributed by atoms with van der Waals surface area (Å²) in [7, 11) is 0. The Labute approximate surface area is 103 Å². The molecule has 0 aliphatic carbocycles. The van der Waals surface area contributed by atoms with E-state index in [0.29, 0.717) is 6.61 Å². The van der Waals surface area contributed by atoms with Gasteiger partial charge in [0.25, 0.3) is 0 Å². The van der Waals surface area contributed by atoms with Gasteiger partial charge in [-0.25, -0.2) is 0 Å². The SMILES string of the molecule is CC1(NCCOc2ccccc2)CCOCC1. The van der Waals surface area contributed by atoms with E-state index in [1.807, 2.05) is 30.3 Å². The largest absolute Gasteiger partial charge is 0.492 e. The third-order valence-electron chi connectivity index (χ3n) is 3.26. The predicted octanol–water partition coefficient (Wildman–Crippen LogP) is 2.22. The number of nitrogens with one attached hydrogen (secondary N) is 1. The Hall–Kier alpha value is -1.06. The summed E-state index contributed by atoms with van der Waals surface area (Å²) in [6.45, 7) is 5.58. The predicted molar refractivity (Wildman–Crippen MR) is 68.4 cm³/mol. The van der Waals surface area contributed by atoms with Gasteiger partial charge < -0.3 is 14.8 Å². The first kappa shape index (κ1) is 12.4. The van der Waals surface area contributed by atoms with Crippen LogP contribution in [0.25, 0.3) is 0 Å². The van der Waals surface area contributed by atoms with E-state index in [-0.39, 0.29) is 5.54 Å². The Kier molecular flexibility index (Phi) is 4.40. The lowest BCUT2D eigenvalue weighted by atomic mass is 9.93. The fourth-order valence-corrected chi connectivity index (χ4v) is 2.04. The van der Waals surface area contributed by atoms with Gasteiger partial charge in [0, 0.05) is 25.3 Å². The van der Waals surface area contributed by atoms with Crippen molar-refractivity contribution in [3.05, 3.63) is 30.3 Å². The van der Waals surface area contributed by atoms with E-state index in [9.17, 15) is 0 Å². The molecule has 0 unspecified atom stereocenters. The van der Waals surface area contributed by atoms with E-state index < -0.39 is 0 Å². The molecule has 1 aliphatic rings. The maximum absolute atomic E-state index is 5.65. The summed E-state index contributed by atoms with van der Waals surface area (Å²) in [5.41, 5.74) is 0.221. The smallest absolute Gasteiger partial charge is 0.119 e. The van der Waals surface area contributed by atoms with Crippen molar-refractivity contribution in [3.63, 3.8) is 0 Å². The standard InChI is InChI=1S/C14H21NO2/c1-14(7-10-16-11-8-14)15-9-12-17-13-5-3-2-4-6-13/h2-6,15H,7-12H2,1H3. The van der Waals surface area contributed by atoms with E-state index in [1.165, 1.54) is 0 Å². The van der Waals surface area contributed by atoms with E-state index in [0.717, 1.165) is 38.3 Å². The molecule has 1 aliphatic heterocycles. The minimum absolute atomic E-state index is 0.221. The lowest BCUT2D eigenvalue weighted by Crippen LogP contribution is -2.48. The Morgan fingerprint density at radius 3 is 2.65 bits per heavy atom. The average molecular weight is 235 g/mol. The zero-order valence-electron chi connectivity index (χ0n) is 10.4. The van der Waals surface area contributed by atoms with Crippen LogP contribution < -0.4 is 10.1 Å². The van der Waals surface area contributed by atoms with Gasteiger partial charge in [-0.05, 0) is 31.9 Å². The van der Waals surface area contributed by atoms with Gasteiger partial charge in [0.2, 0.25) is 0 Å². The molecule has 0 saturated carbocycles. The molecule has 94 valence electrons. The van der Waals surface area contributed by atoms with Crippen LogP contribution in [0.4, 0.5) is 0 Å². The fraction of sp³-hybridized carbons (Fsp3) is 0.571. The molecule has 17 heavy (non-hydrogen) atoms. The molecule has 0 aromatic heterocycles. The van der Waals surface area contributed by atoms with Crippen molar-refractivity contribution >= 4 is 0 Å². The van der Waals surface area contributed by atoms with Crippen molar-refractivity contribution in [1.82, 2.24) is 5.32 Å². The molecule has 1 fully saturated rings. The molecule has 3 nitrogen and oxygen atoms in total. The number of rotatable bonds is 5. The highest BCUT2D eigenvalue weighted by atomic mass is 16.5. The molecule has 1 heterocycles. The van der Waals surface area contributed by atoms with Gasteiger partial charge in [0.15, 0.2) is 0 Å². The van der Waals surface area contributed by atoms with E-state index in [4.69, 9.17) is 9.47 Å². The lowest BCUT2D eigenvalue weighted by molar-refractivity contribution is 0.0440. The number of hydrogen-bond donors (Lipinski definition) is 1. The summed E-state index contributed by atoms with van der Waals surface area (Å²) in [5.74, 6) is 0.937. The number of ether oxygens (including phenoxy) is 2. The van der Waals surface area contributed by atoms with Crippen LogP contribution >= 0.6 is 0 Å². The highest BCUT2D eigenvalue weighted by molar-refractivity contribution is 5.20. The third-order valence-corrected chi connectivity index (χ3v) is 3.26. The Morgan fingerprint density at radius 1 is 1.24 bits per heavy atom. The van der Waals surface area contributed by atoms with Crippen LogP contribution in [0, 0.1) is 0 Å². The zero-order chi connectivity index (χ0) is 12.0. The lowest BCUT2D eigenvalue weighted by Gasteiger charge is -2.34. The zero-order valence-corrected chi connectivity index (χ0v) is 10.4. The van der Waals surface area contributed by atoms with E-state index in [2.05, 4.69) is 12.2 Å². The van der Waals surface area contributed by atoms with Crippen molar-refractivity contribution in [2.75, 3.05) is 26.4 Å². The molecule has 0 radical (unpaired) electrons. The highest BCUT2D eigenvalue weighted by Crippen LogP contribution is 2.19. The van der Waals surface area contributed by atoms with Gasteiger partial charge in [-0.1, -0.05) is 18.2 Å². The molecule has 1 aromatic rings. The molecule has 1 aromatic carbocycles. The molecule has 0 spiro atoms. The second kappa shape index (κ2) is 6.03. The van der Waals surface area contributed by atoms with Crippen molar-refractivity contribution in [3.8, 4) is 5.75 Å². The monoisotopic (exact) mass is 235 g/mol. The van der Waals surface area contributed by atoms with Gasteiger partial charge in [0.05, 0.1) is 0 Å². The molecule has 1 saturated heterocycles. The average Bonchev–Trinajstić information content (AvgIpc) is 2.37. The topological polar surface area (TPSA) is 30.5 Å². The minimum Gasteiger partial charge on any atom is -0.492 e. The van der Waals surface area contributed by atoms with Crippen LogP contribution in [0.15, 0.2) is 30.3 Å². The summed E-state index contributed by atoms with van der Waals surface area (Å²) in [6, 6.07) is 9.94. The van der Waals surface area contributed by atoms with Crippen LogP contribution in [0.1, 0.15) is 19.8 Å². The molecule has 0 atom stereocenters. The van der Waals surface area contributed by atoms with Crippen LogP contribution in [-0.2, 0) is 4.74 Å². The molecular weight excluding hydrogens is 214 g/mol. The number of hydrogen-bond acceptors (Lipinski definition) is 3. The number of para-hydroxylation sites is 1. The molecule has 3 heteroatoms. The van der Waals surface area contributed by atoms with Crippen LogP contribution in [0.5, 0.6) is 5.75 Å². The van der Waals surface area contributed by atoms with Crippen LogP contribution in [0.3, 0.4) is 0 Å². The summed E-state index contributed by atoms with van der Waals surface area (Å²) in [6.07, 6.45) is 2.16. The molecule has 2 rings (SSSR count).